The Kier molecular flexibility index (Phi) is 3.49. The van der Waals surface area contributed by atoms with Crippen molar-refractivity contribution in [1.29, 1.82) is 0 Å². The van der Waals surface area contributed by atoms with E-state index < -0.39 is 0 Å². The fourth-order valence-electron chi connectivity index (χ4n) is 1.97. The van der Waals surface area contributed by atoms with E-state index in [4.69, 9.17) is 10.5 Å². The van der Waals surface area contributed by atoms with E-state index in [1.54, 1.807) is 24.3 Å². The van der Waals surface area contributed by atoms with Gasteiger partial charge in [0.2, 0.25) is 0 Å². The topological polar surface area (TPSA) is 52.3 Å². The second-order valence-electron chi connectivity index (χ2n) is 4.91. The van der Waals surface area contributed by atoms with Gasteiger partial charge in [0.25, 0.3) is 0 Å². The summed E-state index contributed by atoms with van der Waals surface area (Å²) in [5.41, 5.74) is 7.46. The Labute approximate surface area is 125 Å². The van der Waals surface area contributed by atoms with Gasteiger partial charge < -0.3 is 10.5 Å². The minimum Gasteiger partial charge on any atom is -0.490 e. The molecule has 0 aromatic heterocycles. The molecule has 1 saturated carbocycles. The van der Waals surface area contributed by atoms with E-state index in [1.165, 1.54) is 0 Å². The minimum atomic E-state index is -0.0925. The first-order valence-electron chi connectivity index (χ1n) is 6.50. The lowest BCUT2D eigenvalue weighted by Gasteiger charge is -2.08. The van der Waals surface area contributed by atoms with Crippen molar-refractivity contribution in [2.24, 2.45) is 0 Å². The number of carbonyl (C=O) groups is 1. The van der Waals surface area contributed by atoms with E-state index in [0.29, 0.717) is 22.9 Å². The number of anilines is 1. The smallest absolute Gasteiger partial charge is 0.195 e. The molecular weight excluding hydrogens is 318 g/mol. The van der Waals surface area contributed by atoms with Crippen molar-refractivity contribution in [1.82, 2.24) is 0 Å². The molecule has 0 aliphatic heterocycles. The van der Waals surface area contributed by atoms with Crippen LogP contribution in [-0.2, 0) is 0 Å². The summed E-state index contributed by atoms with van der Waals surface area (Å²) >= 11 is 3.36. The van der Waals surface area contributed by atoms with Crippen LogP contribution in [0.5, 0.6) is 5.75 Å². The van der Waals surface area contributed by atoms with E-state index in [-0.39, 0.29) is 5.78 Å². The third-order valence-corrected chi connectivity index (χ3v) is 3.68. The number of hydrogen-bond acceptors (Lipinski definition) is 3. The van der Waals surface area contributed by atoms with Crippen molar-refractivity contribution in [2.75, 3.05) is 5.73 Å². The number of benzene rings is 2. The van der Waals surface area contributed by atoms with Crippen molar-refractivity contribution < 1.29 is 9.53 Å². The minimum absolute atomic E-state index is 0.0925. The third kappa shape index (κ3) is 2.85. The van der Waals surface area contributed by atoms with E-state index in [0.717, 1.165) is 23.1 Å². The lowest BCUT2D eigenvalue weighted by Crippen LogP contribution is -2.06. The average molecular weight is 332 g/mol. The highest BCUT2D eigenvalue weighted by atomic mass is 79.9. The molecule has 1 fully saturated rings. The van der Waals surface area contributed by atoms with Crippen LogP contribution in [0.15, 0.2) is 46.9 Å². The molecular formula is C16H14BrNO2. The molecule has 0 unspecified atom stereocenters. The molecule has 0 amide bonds. The van der Waals surface area contributed by atoms with Crippen molar-refractivity contribution in [3.8, 4) is 5.75 Å². The average Bonchev–Trinajstić information content (AvgIpc) is 3.25. The summed E-state index contributed by atoms with van der Waals surface area (Å²) in [6.45, 7) is 0. The number of ketones is 1. The molecule has 3 nitrogen and oxygen atoms in total. The number of halogens is 1. The van der Waals surface area contributed by atoms with Gasteiger partial charge >= 0.3 is 0 Å². The quantitative estimate of drug-likeness (QED) is 0.684. The zero-order valence-corrected chi connectivity index (χ0v) is 12.4. The molecule has 0 radical (unpaired) electrons. The molecule has 2 N–H and O–H groups in total. The number of carbonyl (C=O) groups excluding carboxylic acids is 1. The molecule has 2 aromatic rings. The van der Waals surface area contributed by atoms with Gasteiger partial charge in [-0.15, -0.1) is 0 Å². The van der Waals surface area contributed by atoms with Crippen LogP contribution in [0.25, 0.3) is 0 Å². The number of nitrogen functional groups attached to an aromatic ring is 1. The second-order valence-corrected chi connectivity index (χ2v) is 5.82. The van der Waals surface area contributed by atoms with Crippen molar-refractivity contribution in [2.45, 2.75) is 18.9 Å². The van der Waals surface area contributed by atoms with E-state index in [9.17, 15) is 4.79 Å². The van der Waals surface area contributed by atoms with Crippen LogP contribution in [0.4, 0.5) is 5.69 Å². The highest BCUT2D eigenvalue weighted by molar-refractivity contribution is 9.10. The van der Waals surface area contributed by atoms with Crippen molar-refractivity contribution >= 4 is 27.4 Å². The summed E-state index contributed by atoms with van der Waals surface area (Å²) in [7, 11) is 0. The Morgan fingerprint density at radius 3 is 2.75 bits per heavy atom. The lowest BCUT2D eigenvalue weighted by molar-refractivity contribution is 0.103. The van der Waals surface area contributed by atoms with E-state index in [2.05, 4.69) is 15.9 Å². The molecule has 0 saturated heterocycles. The highest BCUT2D eigenvalue weighted by Crippen LogP contribution is 2.28. The lowest BCUT2D eigenvalue weighted by atomic mass is 10.0. The highest BCUT2D eigenvalue weighted by Gasteiger charge is 2.23. The van der Waals surface area contributed by atoms with Gasteiger partial charge in [0.1, 0.15) is 5.75 Å². The fourth-order valence-corrected chi connectivity index (χ4v) is 2.33. The molecule has 4 heteroatoms. The standard InChI is InChI=1S/C16H14BrNO2/c17-11-4-7-15(18)14(9-11)16(19)10-2-1-3-13(8-10)20-12-5-6-12/h1-4,7-9,12H,5-6,18H2. The molecule has 0 heterocycles. The van der Waals surface area contributed by atoms with Crippen LogP contribution in [0, 0.1) is 0 Å². The van der Waals surface area contributed by atoms with Crippen molar-refractivity contribution in [3.63, 3.8) is 0 Å². The Bertz CT molecular complexity index is 665. The normalized spacial score (nSPS) is 14.1. The first kappa shape index (κ1) is 13.2. The molecule has 102 valence electrons. The number of hydrogen-bond donors (Lipinski definition) is 1. The van der Waals surface area contributed by atoms with Crippen LogP contribution < -0.4 is 10.5 Å². The van der Waals surface area contributed by atoms with Crippen LogP contribution >= 0.6 is 15.9 Å². The maximum atomic E-state index is 12.5. The van der Waals surface area contributed by atoms with Crippen LogP contribution in [0.3, 0.4) is 0 Å². The Hall–Kier alpha value is -1.81. The monoisotopic (exact) mass is 331 g/mol. The third-order valence-electron chi connectivity index (χ3n) is 3.18. The molecule has 1 aliphatic rings. The summed E-state index contributed by atoms with van der Waals surface area (Å²) in [4.78, 5) is 12.5. The second kappa shape index (κ2) is 5.29. The molecule has 2 aromatic carbocycles. The first-order chi connectivity index (χ1) is 9.63. The molecule has 1 aliphatic carbocycles. The Morgan fingerprint density at radius 2 is 2.00 bits per heavy atom. The molecule has 3 rings (SSSR count). The maximum Gasteiger partial charge on any atom is 0.195 e. The number of nitrogens with two attached hydrogens (primary N) is 1. The maximum absolute atomic E-state index is 12.5. The summed E-state index contributed by atoms with van der Waals surface area (Å²) in [5.74, 6) is 0.650. The van der Waals surface area contributed by atoms with Gasteiger partial charge in [-0.1, -0.05) is 28.1 Å². The van der Waals surface area contributed by atoms with E-state index >= 15 is 0 Å². The molecule has 0 atom stereocenters. The van der Waals surface area contributed by atoms with Gasteiger partial charge in [-0.3, -0.25) is 4.79 Å². The largest absolute Gasteiger partial charge is 0.490 e. The van der Waals surface area contributed by atoms with Gasteiger partial charge in [0.15, 0.2) is 5.78 Å². The first-order valence-corrected chi connectivity index (χ1v) is 7.29. The Balaban J connectivity index is 1.91. The predicted octanol–water partition coefficient (Wildman–Crippen LogP) is 3.80. The SMILES string of the molecule is Nc1ccc(Br)cc1C(=O)c1cccc(OC2CC2)c1. The predicted molar refractivity (Wildman–Crippen MR) is 82.1 cm³/mol. The van der Waals surface area contributed by atoms with Gasteiger partial charge in [-0.25, -0.2) is 0 Å². The molecule has 0 spiro atoms. The molecule has 0 bridgehead atoms. The van der Waals surface area contributed by atoms with Gasteiger partial charge in [0, 0.05) is 21.3 Å². The van der Waals surface area contributed by atoms with Crippen LogP contribution in [0.1, 0.15) is 28.8 Å². The number of rotatable bonds is 4. The van der Waals surface area contributed by atoms with Crippen LogP contribution in [0.2, 0.25) is 0 Å². The van der Waals surface area contributed by atoms with Gasteiger partial charge in [-0.2, -0.15) is 0 Å². The zero-order valence-electron chi connectivity index (χ0n) is 10.8. The Morgan fingerprint density at radius 1 is 1.20 bits per heavy atom. The fraction of sp³-hybridized carbons (Fsp3) is 0.188. The van der Waals surface area contributed by atoms with E-state index in [1.807, 2.05) is 18.2 Å². The van der Waals surface area contributed by atoms with Crippen LogP contribution in [-0.4, -0.2) is 11.9 Å². The number of ether oxygens (including phenoxy) is 1. The zero-order chi connectivity index (χ0) is 14.1. The van der Waals surface area contributed by atoms with Gasteiger partial charge in [0.05, 0.1) is 6.10 Å². The summed E-state index contributed by atoms with van der Waals surface area (Å²) in [6.07, 6.45) is 2.50. The van der Waals surface area contributed by atoms with Crippen molar-refractivity contribution in [3.05, 3.63) is 58.1 Å². The molecule has 20 heavy (non-hydrogen) atoms. The van der Waals surface area contributed by atoms with Gasteiger partial charge in [-0.05, 0) is 43.2 Å². The summed E-state index contributed by atoms with van der Waals surface area (Å²) < 4.78 is 6.55. The summed E-state index contributed by atoms with van der Waals surface area (Å²) in [5, 5.41) is 0. The summed E-state index contributed by atoms with van der Waals surface area (Å²) in [6, 6.07) is 12.6.